The number of phosphoric ester groups is 2. The highest BCUT2D eigenvalue weighted by atomic mass is 31.2. The summed E-state index contributed by atoms with van der Waals surface area (Å²) < 4.78 is 60.9. The van der Waals surface area contributed by atoms with Crippen molar-refractivity contribution in [2.45, 2.75) is 296 Å². The van der Waals surface area contributed by atoms with Gasteiger partial charge in [0.1, 0.15) is 25.4 Å². The maximum absolute atomic E-state index is 12.9. The summed E-state index contributed by atoms with van der Waals surface area (Å²) in [5, 5.41) is 20.5. The van der Waals surface area contributed by atoms with Gasteiger partial charge in [0.2, 0.25) is 0 Å². The van der Waals surface area contributed by atoms with Gasteiger partial charge in [0.15, 0.2) is 6.10 Å². The molecule has 0 radical (unpaired) electrons. The molecule has 0 saturated heterocycles. The lowest BCUT2D eigenvalue weighted by atomic mass is 10.0. The van der Waals surface area contributed by atoms with Crippen molar-refractivity contribution in [3.63, 3.8) is 0 Å². The fourth-order valence-electron chi connectivity index (χ4n) is 8.99. The fourth-order valence-corrected chi connectivity index (χ4v) is 10.6. The summed E-state index contributed by atoms with van der Waals surface area (Å²) in [6, 6.07) is 0. The SMILES string of the molecule is CC/C=C\C/C=C\C/C=C\C/C=C\CCCCCCCCC(=O)OCC(O)COP(=O)(O)OCC(O)COP(=O)(O)OCC(COC(=O)CCCCCCCCC/C=C\C/C=C\C/C=C\CC)OC(=O)CCCCCCCCCCCCCCCCC. The summed E-state index contributed by atoms with van der Waals surface area (Å²) in [4.78, 5) is 58.4. The topological polar surface area (TPSA) is 231 Å². The molecule has 0 aliphatic carbocycles. The maximum atomic E-state index is 12.9. The van der Waals surface area contributed by atoms with Crippen LogP contribution in [0.3, 0.4) is 0 Å². The molecule has 0 aromatic heterocycles. The summed E-state index contributed by atoms with van der Waals surface area (Å²) in [5.41, 5.74) is 0. The smallest absolute Gasteiger partial charge is 0.463 e. The molecule has 4 N–H and O–H groups in total. The van der Waals surface area contributed by atoms with Gasteiger partial charge in [-0.05, 0) is 89.9 Å². The molecule has 0 aromatic carbocycles. The molecule has 5 unspecified atom stereocenters. The van der Waals surface area contributed by atoms with Crippen molar-refractivity contribution in [2.75, 3.05) is 39.6 Å². The third-order valence-corrected chi connectivity index (χ3v) is 16.0. The van der Waals surface area contributed by atoms with Crippen molar-refractivity contribution in [1.82, 2.24) is 0 Å². The Morgan fingerprint density at radius 3 is 0.966 bits per heavy atom. The van der Waals surface area contributed by atoms with Crippen molar-refractivity contribution >= 4 is 33.6 Å². The van der Waals surface area contributed by atoms with Crippen LogP contribution in [0.15, 0.2) is 85.1 Å². The molecule has 0 aromatic rings. The van der Waals surface area contributed by atoms with Gasteiger partial charge in [-0.15, -0.1) is 0 Å². The Hall–Kier alpha value is -3.27. The number of unbranched alkanes of at least 4 members (excludes halogenated alkanes) is 27. The third-order valence-electron chi connectivity index (χ3n) is 14.1. The van der Waals surface area contributed by atoms with Crippen LogP contribution in [0.25, 0.3) is 0 Å². The lowest BCUT2D eigenvalue weighted by Gasteiger charge is -2.21. The number of aliphatic hydroxyl groups is 2. The highest BCUT2D eigenvalue weighted by Gasteiger charge is 2.29. The Morgan fingerprint density at radius 1 is 0.333 bits per heavy atom. The first kappa shape index (κ1) is 83.7. The predicted octanol–water partition coefficient (Wildman–Crippen LogP) is 18.5. The van der Waals surface area contributed by atoms with Crippen LogP contribution in [-0.4, -0.2) is 95.9 Å². The quantitative estimate of drug-likeness (QED) is 0.0146. The van der Waals surface area contributed by atoms with E-state index in [1.165, 1.54) is 64.2 Å². The second-order valence-electron chi connectivity index (χ2n) is 22.6. The molecule has 0 fully saturated rings. The largest absolute Gasteiger partial charge is 0.472 e. The highest BCUT2D eigenvalue weighted by Crippen LogP contribution is 2.45. The summed E-state index contributed by atoms with van der Waals surface area (Å²) in [6.45, 7) is 2.44. The van der Waals surface area contributed by atoms with E-state index in [1.807, 2.05) is 0 Å². The molecule has 0 spiro atoms. The Kier molecular flexibility index (Phi) is 60.5. The zero-order valence-corrected chi connectivity index (χ0v) is 56.2. The van der Waals surface area contributed by atoms with Crippen LogP contribution in [-0.2, 0) is 55.8 Å². The minimum absolute atomic E-state index is 0.106. The standard InChI is InChI=1S/C69H122O16P2/c1-4-7-10-13-16-19-22-25-28-30-31-33-36-37-40-43-46-49-52-55-67(72)79-58-64(70)59-81-86(75,76)82-60-65(71)61-83-87(77,78)84-63-66(85-69(74)57-54-51-48-45-42-39-34-27-24-21-18-15-12-9-6-3)62-80-68(73)56-53-50-47-44-41-38-35-32-29-26-23-20-17-14-11-8-5-2/h7-8,10-11,16-17,19-20,25-26,28-29,31,33,64-66,70-71H,4-6,9,12-15,18,21-24,27,30,32,34-63H2,1-3H3,(H,75,76)(H,77,78)/b10-7-,11-8-,19-16-,20-17-,28-25-,29-26-,33-31-. The number of allylic oxidation sites excluding steroid dienone is 14. The minimum atomic E-state index is -4.92. The first-order chi connectivity index (χ1) is 42.2. The van der Waals surface area contributed by atoms with Crippen molar-refractivity contribution in [3.05, 3.63) is 85.1 Å². The average Bonchev–Trinajstić information content (AvgIpc) is 3.68. The van der Waals surface area contributed by atoms with E-state index in [2.05, 4.69) is 106 Å². The van der Waals surface area contributed by atoms with Gasteiger partial charge in [0.05, 0.1) is 26.4 Å². The van der Waals surface area contributed by atoms with Gasteiger partial charge < -0.3 is 34.2 Å². The summed E-state index contributed by atoms with van der Waals surface area (Å²) in [5.74, 6) is -1.59. The Labute approximate surface area is 527 Å². The molecule has 87 heavy (non-hydrogen) atoms. The number of aliphatic hydroxyl groups excluding tert-OH is 2. The van der Waals surface area contributed by atoms with Crippen LogP contribution in [0, 0.1) is 0 Å². The zero-order chi connectivity index (χ0) is 63.8. The fraction of sp³-hybridized carbons (Fsp3) is 0.754. The summed E-state index contributed by atoms with van der Waals surface area (Å²) in [6.07, 6.45) is 66.3. The molecule has 16 nitrogen and oxygen atoms in total. The Balaban J connectivity index is 4.67. The van der Waals surface area contributed by atoms with Crippen LogP contribution >= 0.6 is 15.6 Å². The second-order valence-corrected chi connectivity index (χ2v) is 25.5. The number of carbonyl (C=O) groups is 3. The number of esters is 3. The van der Waals surface area contributed by atoms with Gasteiger partial charge in [0, 0.05) is 19.3 Å². The summed E-state index contributed by atoms with van der Waals surface area (Å²) in [7, 11) is -9.77. The van der Waals surface area contributed by atoms with Crippen molar-refractivity contribution in [2.24, 2.45) is 0 Å². The van der Waals surface area contributed by atoms with Crippen molar-refractivity contribution < 1.29 is 75.8 Å². The molecule has 504 valence electrons. The summed E-state index contributed by atoms with van der Waals surface area (Å²) >= 11 is 0. The molecule has 5 atom stereocenters. The van der Waals surface area contributed by atoms with Gasteiger partial charge in [-0.3, -0.25) is 32.5 Å². The molecule has 0 aliphatic heterocycles. The van der Waals surface area contributed by atoms with Crippen molar-refractivity contribution in [3.8, 4) is 0 Å². The zero-order valence-electron chi connectivity index (χ0n) is 54.4. The van der Waals surface area contributed by atoms with Gasteiger partial charge in [-0.25, -0.2) is 9.13 Å². The van der Waals surface area contributed by atoms with E-state index in [-0.39, 0.29) is 19.3 Å². The van der Waals surface area contributed by atoms with Gasteiger partial charge in [-0.1, -0.05) is 254 Å². The third kappa shape index (κ3) is 64.1. The minimum Gasteiger partial charge on any atom is -0.463 e. The van der Waals surface area contributed by atoms with E-state index >= 15 is 0 Å². The molecule has 0 amide bonds. The number of carbonyl (C=O) groups excluding carboxylic acids is 3. The van der Waals surface area contributed by atoms with Gasteiger partial charge in [0.25, 0.3) is 0 Å². The molecule has 0 heterocycles. The van der Waals surface area contributed by atoms with E-state index in [0.29, 0.717) is 19.3 Å². The van der Waals surface area contributed by atoms with Gasteiger partial charge in [-0.2, -0.15) is 0 Å². The molecule has 18 heteroatoms. The molecule has 0 saturated carbocycles. The van der Waals surface area contributed by atoms with Gasteiger partial charge >= 0.3 is 33.6 Å². The molecule has 0 aliphatic rings. The average molecular weight is 1270 g/mol. The lowest BCUT2D eigenvalue weighted by Crippen LogP contribution is -2.30. The van der Waals surface area contributed by atoms with E-state index in [9.17, 15) is 43.5 Å². The first-order valence-electron chi connectivity index (χ1n) is 33.9. The Morgan fingerprint density at radius 2 is 0.609 bits per heavy atom. The van der Waals surface area contributed by atoms with Crippen LogP contribution in [0.2, 0.25) is 0 Å². The molecular formula is C69H122O16P2. The van der Waals surface area contributed by atoms with E-state index in [0.717, 1.165) is 154 Å². The number of phosphoric acid groups is 2. The van der Waals surface area contributed by atoms with E-state index in [4.69, 9.17) is 32.3 Å². The van der Waals surface area contributed by atoms with Crippen LogP contribution in [0.5, 0.6) is 0 Å². The van der Waals surface area contributed by atoms with Crippen molar-refractivity contribution in [1.29, 1.82) is 0 Å². The Bertz CT molecular complexity index is 1930. The number of hydrogen-bond donors (Lipinski definition) is 4. The number of hydrogen-bond acceptors (Lipinski definition) is 14. The number of rotatable bonds is 64. The monoisotopic (exact) mass is 1270 g/mol. The second kappa shape index (κ2) is 62.9. The van der Waals surface area contributed by atoms with E-state index in [1.54, 1.807) is 0 Å². The van der Waals surface area contributed by atoms with Crippen LogP contribution in [0.1, 0.15) is 278 Å². The van der Waals surface area contributed by atoms with E-state index < -0.39 is 91.5 Å². The lowest BCUT2D eigenvalue weighted by molar-refractivity contribution is -0.161. The molecule has 0 bridgehead atoms. The highest BCUT2D eigenvalue weighted by molar-refractivity contribution is 7.47. The normalized spacial score (nSPS) is 14.8. The molecular weight excluding hydrogens is 1150 g/mol. The number of ether oxygens (including phenoxy) is 3. The molecule has 0 rings (SSSR count). The van der Waals surface area contributed by atoms with Crippen LogP contribution < -0.4 is 0 Å². The maximum Gasteiger partial charge on any atom is 0.472 e. The van der Waals surface area contributed by atoms with Crippen LogP contribution in [0.4, 0.5) is 0 Å². The predicted molar refractivity (Wildman–Crippen MR) is 353 cm³/mol. The first-order valence-corrected chi connectivity index (χ1v) is 36.9.